The predicted octanol–water partition coefficient (Wildman–Crippen LogP) is 2.35. The van der Waals surface area contributed by atoms with E-state index >= 15 is 0 Å². The minimum Gasteiger partial charge on any atom is -0.353 e. The first kappa shape index (κ1) is 17.4. The van der Waals surface area contributed by atoms with Crippen LogP contribution in [-0.2, 0) is 9.84 Å². The lowest BCUT2D eigenvalue weighted by atomic mass is 10.2. The zero-order chi connectivity index (χ0) is 17.9. The third kappa shape index (κ3) is 4.17. The van der Waals surface area contributed by atoms with E-state index in [9.17, 15) is 13.2 Å². The fourth-order valence-electron chi connectivity index (χ4n) is 3.05. The van der Waals surface area contributed by atoms with E-state index in [1.807, 2.05) is 36.1 Å². The number of aromatic nitrogens is 1. The van der Waals surface area contributed by atoms with Gasteiger partial charge in [0.2, 0.25) is 0 Å². The van der Waals surface area contributed by atoms with Crippen LogP contribution in [0.3, 0.4) is 0 Å². The molecule has 2 aromatic rings. The number of hydrogen-bond donors (Lipinski definition) is 1. The SMILES string of the molecule is CCN(c1ccc(NC(=O)c2ccccc2)cn1)C1CCS(=O)(=O)C1. The number of carbonyl (C=O) groups is 1. The van der Waals surface area contributed by atoms with Gasteiger partial charge in [-0.25, -0.2) is 13.4 Å². The van der Waals surface area contributed by atoms with Crippen LogP contribution in [0.2, 0.25) is 0 Å². The molecule has 0 bridgehead atoms. The summed E-state index contributed by atoms with van der Waals surface area (Å²) in [5.41, 5.74) is 1.19. The fourth-order valence-corrected chi connectivity index (χ4v) is 4.78. The van der Waals surface area contributed by atoms with Crippen molar-refractivity contribution < 1.29 is 13.2 Å². The van der Waals surface area contributed by atoms with Gasteiger partial charge in [0, 0.05) is 18.2 Å². The van der Waals surface area contributed by atoms with Crippen molar-refractivity contribution >= 4 is 27.2 Å². The molecule has 1 aromatic carbocycles. The maximum absolute atomic E-state index is 12.2. The van der Waals surface area contributed by atoms with Crippen LogP contribution in [0.4, 0.5) is 11.5 Å². The van der Waals surface area contributed by atoms with Crippen LogP contribution < -0.4 is 10.2 Å². The summed E-state index contributed by atoms with van der Waals surface area (Å²) in [4.78, 5) is 18.6. The highest BCUT2D eigenvalue weighted by molar-refractivity contribution is 7.91. The van der Waals surface area contributed by atoms with Gasteiger partial charge in [-0.15, -0.1) is 0 Å². The highest BCUT2D eigenvalue weighted by Gasteiger charge is 2.32. The second kappa shape index (κ2) is 7.23. The number of rotatable bonds is 5. The molecule has 0 saturated carbocycles. The minimum atomic E-state index is -2.94. The standard InChI is InChI=1S/C18H21N3O3S/c1-2-21(16-10-11-25(23,24)13-16)17-9-8-15(12-19-17)20-18(22)14-6-4-3-5-7-14/h3-9,12,16H,2,10-11,13H2,1H3,(H,20,22). The largest absolute Gasteiger partial charge is 0.353 e. The summed E-state index contributed by atoms with van der Waals surface area (Å²) >= 11 is 0. The highest BCUT2D eigenvalue weighted by Crippen LogP contribution is 2.23. The van der Waals surface area contributed by atoms with Crippen molar-refractivity contribution in [2.24, 2.45) is 0 Å². The van der Waals surface area contributed by atoms with Crippen LogP contribution in [0.25, 0.3) is 0 Å². The Kier molecular flexibility index (Phi) is 5.03. The number of nitrogens with one attached hydrogen (secondary N) is 1. The monoisotopic (exact) mass is 359 g/mol. The molecular weight excluding hydrogens is 338 g/mol. The lowest BCUT2D eigenvalue weighted by Crippen LogP contribution is -2.36. The Balaban J connectivity index is 1.70. The summed E-state index contributed by atoms with van der Waals surface area (Å²) in [5, 5.41) is 2.81. The molecule has 132 valence electrons. The van der Waals surface area contributed by atoms with E-state index in [0.29, 0.717) is 24.2 Å². The topological polar surface area (TPSA) is 79.4 Å². The predicted molar refractivity (Wildman–Crippen MR) is 98.7 cm³/mol. The molecule has 25 heavy (non-hydrogen) atoms. The van der Waals surface area contributed by atoms with Crippen molar-refractivity contribution in [3.05, 3.63) is 54.2 Å². The Morgan fingerprint density at radius 2 is 2.00 bits per heavy atom. The van der Waals surface area contributed by atoms with Crippen LogP contribution in [0.1, 0.15) is 23.7 Å². The summed E-state index contributed by atoms with van der Waals surface area (Å²) in [6.07, 6.45) is 2.23. The zero-order valence-corrected chi connectivity index (χ0v) is 14.9. The number of hydrogen-bond acceptors (Lipinski definition) is 5. The van der Waals surface area contributed by atoms with Gasteiger partial charge in [-0.1, -0.05) is 18.2 Å². The molecule has 1 aliphatic rings. The van der Waals surface area contributed by atoms with Gasteiger partial charge in [-0.2, -0.15) is 0 Å². The van der Waals surface area contributed by atoms with E-state index in [1.54, 1.807) is 24.4 Å². The summed E-state index contributed by atoms with van der Waals surface area (Å²) < 4.78 is 23.4. The first-order valence-corrected chi connectivity index (χ1v) is 10.1. The zero-order valence-electron chi connectivity index (χ0n) is 14.1. The Hall–Kier alpha value is -2.41. The summed E-state index contributed by atoms with van der Waals surface area (Å²) in [6.45, 7) is 2.67. The van der Waals surface area contributed by atoms with E-state index in [2.05, 4.69) is 10.3 Å². The van der Waals surface area contributed by atoms with Crippen LogP contribution in [0.5, 0.6) is 0 Å². The van der Waals surface area contributed by atoms with Gasteiger partial charge in [0.1, 0.15) is 5.82 Å². The molecule has 7 heteroatoms. The lowest BCUT2D eigenvalue weighted by Gasteiger charge is -2.28. The summed E-state index contributed by atoms with van der Waals surface area (Å²) in [6, 6.07) is 12.5. The van der Waals surface area contributed by atoms with E-state index in [-0.39, 0.29) is 23.5 Å². The number of pyridine rings is 1. The number of sulfone groups is 1. The lowest BCUT2D eigenvalue weighted by molar-refractivity contribution is 0.102. The minimum absolute atomic E-state index is 0.0349. The van der Waals surface area contributed by atoms with E-state index in [4.69, 9.17) is 0 Å². The number of benzene rings is 1. The molecule has 1 aliphatic heterocycles. The number of amides is 1. The first-order valence-electron chi connectivity index (χ1n) is 8.28. The van der Waals surface area contributed by atoms with Gasteiger partial charge in [0.25, 0.3) is 5.91 Å². The normalized spacial score (nSPS) is 18.7. The van der Waals surface area contributed by atoms with Crippen LogP contribution in [0, 0.1) is 0 Å². The molecule has 2 heterocycles. The molecule has 1 unspecified atom stereocenters. The molecule has 1 aromatic heterocycles. The average molecular weight is 359 g/mol. The van der Waals surface area contributed by atoms with Crippen molar-refractivity contribution in [3.8, 4) is 0 Å². The van der Waals surface area contributed by atoms with Crippen molar-refractivity contribution in [2.75, 3.05) is 28.3 Å². The van der Waals surface area contributed by atoms with Gasteiger partial charge in [-0.3, -0.25) is 4.79 Å². The maximum atomic E-state index is 12.2. The molecule has 0 spiro atoms. The van der Waals surface area contributed by atoms with E-state index in [0.717, 1.165) is 5.82 Å². The first-order chi connectivity index (χ1) is 12.0. The number of carbonyl (C=O) groups excluding carboxylic acids is 1. The third-order valence-corrected chi connectivity index (χ3v) is 6.08. The molecule has 1 atom stereocenters. The van der Waals surface area contributed by atoms with Crippen molar-refractivity contribution in [3.63, 3.8) is 0 Å². The maximum Gasteiger partial charge on any atom is 0.255 e. The van der Waals surface area contributed by atoms with Gasteiger partial charge >= 0.3 is 0 Å². The Morgan fingerprint density at radius 3 is 2.56 bits per heavy atom. The second-order valence-electron chi connectivity index (χ2n) is 6.07. The quantitative estimate of drug-likeness (QED) is 0.886. The highest BCUT2D eigenvalue weighted by atomic mass is 32.2. The van der Waals surface area contributed by atoms with Gasteiger partial charge in [-0.05, 0) is 37.6 Å². The van der Waals surface area contributed by atoms with Gasteiger partial charge in [0.15, 0.2) is 9.84 Å². The van der Waals surface area contributed by atoms with Crippen molar-refractivity contribution in [2.45, 2.75) is 19.4 Å². The van der Waals surface area contributed by atoms with E-state index < -0.39 is 9.84 Å². The third-order valence-electron chi connectivity index (χ3n) is 4.33. The van der Waals surface area contributed by atoms with Crippen molar-refractivity contribution in [1.82, 2.24) is 4.98 Å². The molecule has 0 aliphatic carbocycles. The molecule has 1 fully saturated rings. The van der Waals surface area contributed by atoms with Crippen molar-refractivity contribution in [1.29, 1.82) is 0 Å². The summed E-state index contributed by atoms with van der Waals surface area (Å²) in [7, 11) is -2.94. The molecular formula is C18H21N3O3S. The molecule has 0 radical (unpaired) electrons. The molecule has 1 amide bonds. The number of anilines is 2. The Labute approximate surface area is 147 Å². The van der Waals surface area contributed by atoms with E-state index in [1.165, 1.54) is 0 Å². The number of nitrogens with zero attached hydrogens (tertiary/aromatic N) is 2. The fraction of sp³-hybridized carbons (Fsp3) is 0.333. The van der Waals surface area contributed by atoms with Crippen LogP contribution in [-0.4, -0.2) is 43.4 Å². The van der Waals surface area contributed by atoms with Gasteiger partial charge in [0.05, 0.1) is 23.4 Å². The molecule has 3 rings (SSSR count). The molecule has 6 nitrogen and oxygen atoms in total. The van der Waals surface area contributed by atoms with Crippen LogP contribution >= 0.6 is 0 Å². The second-order valence-corrected chi connectivity index (χ2v) is 8.30. The Bertz CT molecular complexity index is 836. The van der Waals surface area contributed by atoms with Crippen LogP contribution in [0.15, 0.2) is 48.7 Å². The Morgan fingerprint density at radius 1 is 1.24 bits per heavy atom. The molecule has 1 saturated heterocycles. The summed E-state index contributed by atoms with van der Waals surface area (Å²) in [5.74, 6) is 0.945. The molecule has 1 N–H and O–H groups in total. The van der Waals surface area contributed by atoms with Gasteiger partial charge < -0.3 is 10.2 Å². The average Bonchev–Trinajstić information content (AvgIpc) is 2.97. The smallest absolute Gasteiger partial charge is 0.255 e.